The Morgan fingerprint density at radius 3 is 2.08 bits per heavy atom. The van der Waals surface area contributed by atoms with Crippen molar-refractivity contribution in [3.05, 3.63) is 71.3 Å². The van der Waals surface area contributed by atoms with Gasteiger partial charge in [0.15, 0.2) is 23.0 Å². The summed E-state index contributed by atoms with van der Waals surface area (Å²) in [7, 11) is 0. The number of carbonyl (C=O) groups excluding carboxylic acids is 1. The molecule has 1 fully saturated rings. The fourth-order valence-electron chi connectivity index (χ4n) is 5.35. The summed E-state index contributed by atoms with van der Waals surface area (Å²) < 4.78 is 5.02. The molecule has 3 aliphatic carbocycles. The third-order valence-electron chi connectivity index (χ3n) is 7.15. The van der Waals surface area contributed by atoms with Crippen LogP contribution in [-0.4, -0.2) is 77.1 Å². The van der Waals surface area contributed by atoms with E-state index in [0.29, 0.717) is 5.56 Å². The number of aliphatic hydroxyl groups is 2. The summed E-state index contributed by atoms with van der Waals surface area (Å²) >= 11 is 0. The Balaban J connectivity index is 1.57. The zero-order valence-corrected chi connectivity index (χ0v) is 20.2. The first kappa shape index (κ1) is 27.5. The number of benzene rings is 2. The molecular formula is C27H26O12. The predicted molar refractivity (Wildman–Crippen MR) is 131 cm³/mol. The summed E-state index contributed by atoms with van der Waals surface area (Å²) in [6.45, 7) is 0. The largest absolute Gasteiger partial charge is 0.504 e. The minimum absolute atomic E-state index is 0.219. The summed E-state index contributed by atoms with van der Waals surface area (Å²) in [5.41, 5.74) is 0.813. The topological polar surface area (TPSA) is 222 Å². The number of hydrogen-bond acceptors (Lipinski definition) is 10. The van der Waals surface area contributed by atoms with Gasteiger partial charge >= 0.3 is 17.9 Å². The smallest absolute Gasteiger partial charge is 0.345 e. The molecule has 0 aromatic heterocycles. The van der Waals surface area contributed by atoms with Crippen molar-refractivity contribution >= 4 is 17.9 Å². The average Bonchev–Trinajstić information content (AvgIpc) is 2.88. The molecule has 1 saturated carbocycles. The van der Waals surface area contributed by atoms with E-state index in [2.05, 4.69) is 0 Å². The summed E-state index contributed by atoms with van der Waals surface area (Å²) in [5.74, 6) is -9.84. The van der Waals surface area contributed by atoms with Crippen molar-refractivity contribution in [3.63, 3.8) is 0 Å². The van der Waals surface area contributed by atoms with E-state index in [9.17, 15) is 55.2 Å². The molecule has 2 aromatic rings. The molecule has 0 saturated heterocycles. The number of carboxylic acid groups (broad SMARTS) is 2. The molecule has 0 amide bonds. The highest BCUT2D eigenvalue weighted by Crippen LogP contribution is 2.54. The second-order valence-electron chi connectivity index (χ2n) is 9.51. The third-order valence-corrected chi connectivity index (χ3v) is 7.15. The number of carboxylic acids is 2. The molecule has 0 spiro atoms. The number of allylic oxidation sites excluding steroid dienone is 1. The van der Waals surface area contributed by atoms with Gasteiger partial charge in [-0.05, 0) is 41.0 Å². The standard InChI is InChI=1S/C27H26O12/c28-15-4-1-11(7-17(15)30)8-19(26(35)36)39-20(32)6-3-12-9-14-21(13-2-5-16(29)18(31)10-13)23(27(37)38)22(12)25(34)24(14)33/h1-7,9-10,14,19,21-25,28-31,33-34H,8H2,(H,35,36)(H,37,38). The lowest BCUT2D eigenvalue weighted by atomic mass is 9.55. The first-order valence-electron chi connectivity index (χ1n) is 11.8. The fraction of sp³-hybridized carbons (Fsp3) is 0.296. The number of carbonyl (C=O) groups is 3. The zero-order valence-electron chi connectivity index (χ0n) is 20.2. The molecule has 39 heavy (non-hydrogen) atoms. The Labute approximate surface area is 221 Å². The van der Waals surface area contributed by atoms with Crippen LogP contribution in [0.1, 0.15) is 17.0 Å². The molecule has 206 valence electrons. The molecule has 0 radical (unpaired) electrons. The number of phenolic OH excluding ortho intramolecular Hbond substituents is 4. The van der Waals surface area contributed by atoms with Crippen LogP contribution in [0.2, 0.25) is 0 Å². The Kier molecular flexibility index (Phi) is 7.52. The monoisotopic (exact) mass is 542 g/mol. The lowest BCUT2D eigenvalue weighted by Crippen LogP contribution is -2.56. The van der Waals surface area contributed by atoms with E-state index < -0.39 is 82.9 Å². The average molecular weight is 542 g/mol. The summed E-state index contributed by atoms with van der Waals surface area (Å²) in [6, 6.07) is 7.42. The predicted octanol–water partition coefficient (Wildman–Crippen LogP) is 0.996. The quantitative estimate of drug-likeness (QED) is 0.133. The highest BCUT2D eigenvalue weighted by atomic mass is 16.6. The molecule has 12 nitrogen and oxygen atoms in total. The second-order valence-corrected chi connectivity index (χ2v) is 9.51. The van der Waals surface area contributed by atoms with E-state index in [1.807, 2.05) is 0 Å². The SMILES string of the molecule is O=C(C=CC1=CC2C(O)C(O)C1C(C(=O)O)C2c1ccc(O)c(O)c1)OC(Cc1ccc(O)c(O)c1)C(=O)O. The van der Waals surface area contributed by atoms with E-state index in [1.54, 1.807) is 0 Å². The molecule has 12 heteroatoms. The number of fused-ring (bicyclic) bond motifs is 2. The first-order valence-corrected chi connectivity index (χ1v) is 11.8. The van der Waals surface area contributed by atoms with Crippen LogP contribution in [0.15, 0.2) is 60.2 Å². The van der Waals surface area contributed by atoms with E-state index >= 15 is 0 Å². The van der Waals surface area contributed by atoms with Crippen LogP contribution in [0.5, 0.6) is 23.0 Å². The van der Waals surface area contributed by atoms with Crippen molar-refractivity contribution in [1.29, 1.82) is 0 Å². The lowest BCUT2D eigenvalue weighted by molar-refractivity contribution is -0.160. The van der Waals surface area contributed by atoms with Crippen molar-refractivity contribution in [2.24, 2.45) is 17.8 Å². The lowest BCUT2D eigenvalue weighted by Gasteiger charge is -2.51. The number of hydrogen-bond donors (Lipinski definition) is 8. The van der Waals surface area contributed by atoms with Crippen molar-refractivity contribution in [2.75, 3.05) is 0 Å². The second kappa shape index (κ2) is 10.7. The van der Waals surface area contributed by atoms with Gasteiger partial charge in [0, 0.05) is 30.3 Å². The minimum Gasteiger partial charge on any atom is -0.504 e. The molecule has 0 heterocycles. The number of aliphatic carboxylic acids is 2. The van der Waals surface area contributed by atoms with E-state index in [4.69, 9.17) is 4.74 Å². The normalized spacial score (nSPS) is 26.7. The van der Waals surface area contributed by atoms with Crippen molar-refractivity contribution in [3.8, 4) is 23.0 Å². The third kappa shape index (κ3) is 5.38. The van der Waals surface area contributed by atoms with Gasteiger partial charge < -0.3 is 45.6 Å². The van der Waals surface area contributed by atoms with Crippen molar-refractivity contribution in [1.82, 2.24) is 0 Å². The van der Waals surface area contributed by atoms with Gasteiger partial charge in [0.25, 0.3) is 0 Å². The van der Waals surface area contributed by atoms with Gasteiger partial charge in [-0.3, -0.25) is 4.79 Å². The number of ether oxygens (including phenoxy) is 1. The van der Waals surface area contributed by atoms with Gasteiger partial charge in [0.05, 0.1) is 18.1 Å². The Morgan fingerprint density at radius 1 is 0.846 bits per heavy atom. The van der Waals surface area contributed by atoms with Crippen LogP contribution in [-0.2, 0) is 25.5 Å². The first-order chi connectivity index (χ1) is 18.4. The summed E-state index contributed by atoms with van der Waals surface area (Å²) in [6.07, 6.45) is -1.22. The molecule has 7 atom stereocenters. The highest BCUT2D eigenvalue weighted by molar-refractivity contribution is 5.86. The maximum Gasteiger partial charge on any atom is 0.345 e. The van der Waals surface area contributed by atoms with Gasteiger partial charge in [-0.1, -0.05) is 24.3 Å². The van der Waals surface area contributed by atoms with Crippen LogP contribution in [0, 0.1) is 17.8 Å². The van der Waals surface area contributed by atoms with Crippen molar-refractivity contribution < 1.29 is 60.0 Å². The molecule has 2 aromatic carbocycles. The van der Waals surface area contributed by atoms with Crippen LogP contribution < -0.4 is 0 Å². The maximum absolute atomic E-state index is 12.5. The van der Waals surface area contributed by atoms with Crippen LogP contribution in [0.3, 0.4) is 0 Å². The molecule has 3 aliphatic rings. The maximum atomic E-state index is 12.5. The van der Waals surface area contributed by atoms with E-state index in [1.165, 1.54) is 36.4 Å². The summed E-state index contributed by atoms with van der Waals surface area (Å²) in [5, 5.41) is 79.4. The molecular weight excluding hydrogens is 516 g/mol. The van der Waals surface area contributed by atoms with Crippen LogP contribution >= 0.6 is 0 Å². The number of esters is 1. The Hall–Kier alpha value is -4.55. The molecule has 2 bridgehead atoms. The van der Waals surface area contributed by atoms with Gasteiger partial charge in [-0.25, -0.2) is 9.59 Å². The number of phenols is 4. The van der Waals surface area contributed by atoms with Gasteiger partial charge in [0.2, 0.25) is 6.10 Å². The summed E-state index contributed by atoms with van der Waals surface area (Å²) in [4.78, 5) is 36.4. The Bertz CT molecular complexity index is 1360. The van der Waals surface area contributed by atoms with Crippen LogP contribution in [0.4, 0.5) is 0 Å². The minimum atomic E-state index is -1.64. The Morgan fingerprint density at radius 2 is 1.49 bits per heavy atom. The number of aliphatic hydroxyl groups excluding tert-OH is 2. The van der Waals surface area contributed by atoms with Gasteiger partial charge in [-0.15, -0.1) is 0 Å². The molecule has 5 rings (SSSR count). The van der Waals surface area contributed by atoms with E-state index in [-0.39, 0.29) is 17.6 Å². The highest BCUT2D eigenvalue weighted by Gasteiger charge is 2.56. The van der Waals surface area contributed by atoms with Gasteiger partial charge in [0.1, 0.15) is 0 Å². The molecule has 8 N–H and O–H groups in total. The fourth-order valence-corrected chi connectivity index (χ4v) is 5.35. The molecule has 7 unspecified atom stereocenters. The van der Waals surface area contributed by atoms with Crippen molar-refractivity contribution in [2.45, 2.75) is 30.7 Å². The number of rotatable bonds is 8. The number of aromatic hydroxyl groups is 4. The van der Waals surface area contributed by atoms with Gasteiger partial charge in [-0.2, -0.15) is 0 Å². The zero-order chi connectivity index (χ0) is 28.6. The van der Waals surface area contributed by atoms with Crippen LogP contribution in [0.25, 0.3) is 0 Å². The molecule has 0 aliphatic heterocycles. The van der Waals surface area contributed by atoms with E-state index in [0.717, 1.165) is 18.2 Å².